The van der Waals surface area contributed by atoms with Gasteiger partial charge in [0.2, 0.25) is 5.91 Å². The molecule has 0 saturated carbocycles. The van der Waals surface area contributed by atoms with E-state index >= 15 is 0 Å². The lowest BCUT2D eigenvalue weighted by molar-refractivity contribution is -0.119. The summed E-state index contributed by atoms with van der Waals surface area (Å²) in [4.78, 5) is 12.7. The van der Waals surface area contributed by atoms with Gasteiger partial charge >= 0.3 is 0 Å². The molecule has 1 amide bonds. The summed E-state index contributed by atoms with van der Waals surface area (Å²) >= 11 is 6.26. The van der Waals surface area contributed by atoms with E-state index in [4.69, 9.17) is 16.3 Å². The third-order valence-electron chi connectivity index (χ3n) is 4.63. The fourth-order valence-electron chi connectivity index (χ4n) is 3.24. The quantitative estimate of drug-likeness (QED) is 0.470. The molecular formula is C24H25ClN2O4S. The number of nitrogens with zero attached hydrogens (tertiary/aromatic N) is 1. The average molecular weight is 473 g/mol. The monoisotopic (exact) mass is 472 g/mol. The second kappa shape index (κ2) is 10.5. The van der Waals surface area contributed by atoms with Crippen LogP contribution < -0.4 is 14.4 Å². The first kappa shape index (κ1) is 23.6. The van der Waals surface area contributed by atoms with E-state index in [2.05, 4.69) is 5.32 Å². The van der Waals surface area contributed by atoms with Crippen LogP contribution in [0.25, 0.3) is 0 Å². The van der Waals surface area contributed by atoms with Crippen LogP contribution in [0.15, 0.2) is 77.7 Å². The van der Waals surface area contributed by atoms with E-state index in [1.54, 1.807) is 42.5 Å². The highest BCUT2D eigenvalue weighted by Gasteiger charge is 2.28. The van der Waals surface area contributed by atoms with Gasteiger partial charge in [0.05, 0.1) is 22.2 Å². The zero-order valence-corrected chi connectivity index (χ0v) is 19.5. The third-order valence-corrected chi connectivity index (χ3v) is 6.72. The summed E-state index contributed by atoms with van der Waals surface area (Å²) in [5, 5.41) is 2.95. The molecule has 0 aliphatic rings. The van der Waals surface area contributed by atoms with Crippen LogP contribution in [0.2, 0.25) is 5.02 Å². The number of hydrogen-bond acceptors (Lipinski definition) is 4. The van der Waals surface area contributed by atoms with Gasteiger partial charge in [0, 0.05) is 0 Å². The van der Waals surface area contributed by atoms with Crippen LogP contribution in [0.3, 0.4) is 0 Å². The van der Waals surface area contributed by atoms with Crippen molar-refractivity contribution in [1.29, 1.82) is 0 Å². The molecule has 3 aromatic carbocycles. The number of carbonyl (C=O) groups excluding carboxylic acids is 1. The number of sulfonamides is 1. The summed E-state index contributed by atoms with van der Waals surface area (Å²) in [5.74, 6) is 0.259. The summed E-state index contributed by atoms with van der Waals surface area (Å²) in [7, 11) is -4.00. The first-order valence-corrected chi connectivity index (χ1v) is 11.9. The number of carbonyl (C=O) groups is 1. The number of rotatable bonds is 9. The largest absolute Gasteiger partial charge is 0.492 e. The summed E-state index contributed by atoms with van der Waals surface area (Å²) in [6, 6.07) is 20.3. The molecule has 168 valence electrons. The second-order valence-corrected chi connectivity index (χ2v) is 9.57. The Morgan fingerprint density at radius 3 is 2.25 bits per heavy atom. The number of halogens is 1. The standard InChI is InChI=1S/C24H25ClN2O4S/c1-18-14-19(2)16-20(15-18)31-13-12-26-24(28)17-27(23-11-7-6-10-22(23)25)32(29,30)21-8-4-3-5-9-21/h3-11,14-16H,12-13,17H2,1-2H3,(H,26,28). The number of benzene rings is 3. The number of anilines is 1. The third kappa shape index (κ3) is 6.02. The second-order valence-electron chi connectivity index (χ2n) is 7.30. The Kier molecular flexibility index (Phi) is 7.77. The zero-order chi connectivity index (χ0) is 23.1. The lowest BCUT2D eigenvalue weighted by Crippen LogP contribution is -2.42. The van der Waals surface area contributed by atoms with E-state index in [0.717, 1.165) is 21.2 Å². The Hall–Kier alpha value is -3.03. The molecule has 0 saturated heterocycles. The topological polar surface area (TPSA) is 75.7 Å². The fourth-order valence-corrected chi connectivity index (χ4v) is 4.98. The van der Waals surface area contributed by atoms with Crippen molar-refractivity contribution in [2.24, 2.45) is 0 Å². The SMILES string of the molecule is Cc1cc(C)cc(OCCNC(=O)CN(c2ccccc2Cl)S(=O)(=O)c2ccccc2)c1. The van der Waals surface area contributed by atoms with Crippen molar-refractivity contribution >= 4 is 33.2 Å². The van der Waals surface area contributed by atoms with Crippen LogP contribution in [0.5, 0.6) is 5.75 Å². The van der Waals surface area contributed by atoms with E-state index in [9.17, 15) is 13.2 Å². The van der Waals surface area contributed by atoms with Crippen molar-refractivity contribution < 1.29 is 17.9 Å². The first-order chi connectivity index (χ1) is 15.3. The number of para-hydroxylation sites is 1. The first-order valence-electron chi connectivity index (χ1n) is 10.1. The Bertz CT molecular complexity index is 1160. The average Bonchev–Trinajstić information content (AvgIpc) is 2.75. The van der Waals surface area contributed by atoms with Gasteiger partial charge in [-0.3, -0.25) is 9.10 Å². The molecule has 0 unspecified atom stereocenters. The molecule has 0 aliphatic heterocycles. The summed E-state index contributed by atoms with van der Waals surface area (Å²) in [5.41, 5.74) is 2.41. The van der Waals surface area contributed by atoms with Crippen molar-refractivity contribution in [1.82, 2.24) is 5.32 Å². The molecular weight excluding hydrogens is 448 g/mol. The Labute approximate surface area is 193 Å². The van der Waals surface area contributed by atoms with Crippen molar-refractivity contribution in [3.8, 4) is 5.75 Å². The molecule has 0 spiro atoms. The van der Waals surface area contributed by atoms with Crippen LogP contribution >= 0.6 is 11.6 Å². The fraction of sp³-hybridized carbons (Fsp3) is 0.208. The van der Waals surface area contributed by atoms with Gasteiger partial charge in [-0.1, -0.05) is 48.0 Å². The number of aryl methyl sites for hydroxylation is 2. The van der Waals surface area contributed by atoms with Gasteiger partial charge in [-0.25, -0.2) is 8.42 Å². The lowest BCUT2D eigenvalue weighted by Gasteiger charge is -2.25. The van der Waals surface area contributed by atoms with E-state index < -0.39 is 22.5 Å². The molecule has 0 aromatic heterocycles. The van der Waals surface area contributed by atoms with Crippen molar-refractivity contribution in [2.75, 3.05) is 24.0 Å². The van der Waals surface area contributed by atoms with Crippen molar-refractivity contribution in [3.63, 3.8) is 0 Å². The number of nitrogens with one attached hydrogen (secondary N) is 1. The molecule has 0 radical (unpaired) electrons. The molecule has 0 atom stereocenters. The van der Waals surface area contributed by atoms with Crippen LogP contribution in [-0.4, -0.2) is 34.0 Å². The van der Waals surface area contributed by atoms with Gasteiger partial charge in [0.25, 0.3) is 10.0 Å². The molecule has 1 N–H and O–H groups in total. The predicted octanol–water partition coefficient (Wildman–Crippen LogP) is 4.35. The smallest absolute Gasteiger partial charge is 0.264 e. The molecule has 0 fully saturated rings. The van der Waals surface area contributed by atoms with Crippen LogP contribution in [0.4, 0.5) is 5.69 Å². The van der Waals surface area contributed by atoms with E-state index in [1.807, 2.05) is 32.0 Å². The molecule has 3 aromatic rings. The molecule has 3 rings (SSSR count). The van der Waals surface area contributed by atoms with E-state index in [0.29, 0.717) is 0 Å². The lowest BCUT2D eigenvalue weighted by atomic mass is 10.1. The number of amides is 1. The maximum Gasteiger partial charge on any atom is 0.264 e. The minimum Gasteiger partial charge on any atom is -0.492 e. The van der Waals surface area contributed by atoms with E-state index in [1.165, 1.54) is 12.1 Å². The normalized spacial score (nSPS) is 11.1. The van der Waals surface area contributed by atoms with Crippen LogP contribution in [0, 0.1) is 13.8 Å². The minimum atomic E-state index is -4.00. The predicted molar refractivity (Wildman–Crippen MR) is 127 cm³/mol. The van der Waals surface area contributed by atoms with Gasteiger partial charge in [-0.05, 0) is 61.4 Å². The van der Waals surface area contributed by atoms with Gasteiger partial charge in [-0.2, -0.15) is 0 Å². The van der Waals surface area contributed by atoms with Crippen LogP contribution in [0.1, 0.15) is 11.1 Å². The summed E-state index contributed by atoms with van der Waals surface area (Å²) in [6.07, 6.45) is 0. The highest BCUT2D eigenvalue weighted by molar-refractivity contribution is 7.92. The molecule has 32 heavy (non-hydrogen) atoms. The maximum atomic E-state index is 13.3. The van der Waals surface area contributed by atoms with E-state index in [-0.39, 0.29) is 28.8 Å². The van der Waals surface area contributed by atoms with Crippen LogP contribution in [-0.2, 0) is 14.8 Å². The maximum absolute atomic E-state index is 13.3. The number of ether oxygens (including phenoxy) is 1. The Morgan fingerprint density at radius 1 is 0.969 bits per heavy atom. The zero-order valence-electron chi connectivity index (χ0n) is 17.9. The highest BCUT2D eigenvalue weighted by Crippen LogP contribution is 2.30. The number of hydrogen-bond donors (Lipinski definition) is 1. The van der Waals surface area contributed by atoms with Gasteiger partial charge in [-0.15, -0.1) is 0 Å². The molecule has 0 bridgehead atoms. The summed E-state index contributed by atoms with van der Waals surface area (Å²) in [6.45, 7) is 4.04. The van der Waals surface area contributed by atoms with Gasteiger partial charge in [0.15, 0.2) is 0 Å². The van der Waals surface area contributed by atoms with Gasteiger partial charge < -0.3 is 10.1 Å². The van der Waals surface area contributed by atoms with Gasteiger partial charge in [0.1, 0.15) is 18.9 Å². The highest BCUT2D eigenvalue weighted by atomic mass is 35.5. The molecule has 0 aliphatic carbocycles. The minimum absolute atomic E-state index is 0.0749. The molecule has 8 heteroatoms. The van der Waals surface area contributed by atoms with Crippen molar-refractivity contribution in [3.05, 3.63) is 88.9 Å². The summed E-state index contributed by atoms with van der Waals surface area (Å²) < 4.78 is 33.2. The Balaban J connectivity index is 1.69. The molecule has 6 nitrogen and oxygen atoms in total. The molecule has 0 heterocycles. The van der Waals surface area contributed by atoms with Crippen molar-refractivity contribution in [2.45, 2.75) is 18.7 Å². The Morgan fingerprint density at radius 2 is 1.59 bits per heavy atom.